The van der Waals surface area contributed by atoms with E-state index >= 15 is 0 Å². The van der Waals surface area contributed by atoms with E-state index in [1.54, 1.807) is 55.7 Å². The molecule has 1 amide bonds. The Balaban J connectivity index is 2.08. The molecule has 0 radical (unpaired) electrons. The number of nitrogens with zero attached hydrogens (tertiary/aromatic N) is 1. The lowest BCUT2D eigenvalue weighted by Crippen LogP contribution is -2.30. The van der Waals surface area contributed by atoms with Gasteiger partial charge in [-0.3, -0.25) is 9.59 Å². The highest BCUT2D eigenvalue weighted by Crippen LogP contribution is 2.40. The highest BCUT2D eigenvalue weighted by atomic mass is 16.5. The van der Waals surface area contributed by atoms with Crippen LogP contribution in [0.2, 0.25) is 0 Å². The first-order valence-corrected chi connectivity index (χ1v) is 10.3. The summed E-state index contributed by atoms with van der Waals surface area (Å²) in [5.41, 5.74) is 1.23. The second-order valence-electron chi connectivity index (χ2n) is 7.25. The van der Waals surface area contributed by atoms with E-state index in [2.05, 4.69) is 6.58 Å². The molecule has 0 unspecified atom stereocenters. The van der Waals surface area contributed by atoms with Crippen LogP contribution in [0.25, 0.3) is 5.76 Å². The Labute approximate surface area is 182 Å². The zero-order valence-electron chi connectivity index (χ0n) is 17.8. The van der Waals surface area contributed by atoms with Crippen LogP contribution in [0.1, 0.15) is 36.9 Å². The Morgan fingerprint density at radius 2 is 1.90 bits per heavy atom. The molecule has 6 heteroatoms. The average molecular weight is 421 g/mol. The summed E-state index contributed by atoms with van der Waals surface area (Å²) in [4.78, 5) is 27.3. The number of hydrogen-bond donors (Lipinski definition) is 1. The van der Waals surface area contributed by atoms with Crippen LogP contribution >= 0.6 is 0 Å². The van der Waals surface area contributed by atoms with Gasteiger partial charge in [0.2, 0.25) is 0 Å². The van der Waals surface area contributed by atoms with Gasteiger partial charge in [-0.1, -0.05) is 38.1 Å². The highest BCUT2D eigenvalue weighted by Gasteiger charge is 2.45. The third-order valence-corrected chi connectivity index (χ3v) is 5.20. The summed E-state index contributed by atoms with van der Waals surface area (Å²) in [6.45, 7) is 6.42. The Bertz CT molecular complexity index is 993. The number of methoxy groups -OCH3 is 1. The van der Waals surface area contributed by atoms with E-state index in [1.807, 2.05) is 13.0 Å². The topological polar surface area (TPSA) is 76.1 Å². The second-order valence-corrected chi connectivity index (χ2v) is 7.25. The van der Waals surface area contributed by atoms with Gasteiger partial charge in [0.1, 0.15) is 23.9 Å². The van der Waals surface area contributed by atoms with Crippen molar-refractivity contribution in [1.29, 1.82) is 0 Å². The third-order valence-electron chi connectivity index (χ3n) is 5.20. The van der Waals surface area contributed by atoms with Gasteiger partial charge in [0, 0.05) is 12.1 Å². The summed E-state index contributed by atoms with van der Waals surface area (Å²) in [7, 11) is 1.56. The minimum Gasteiger partial charge on any atom is -0.507 e. The smallest absolute Gasteiger partial charge is 0.295 e. The zero-order valence-corrected chi connectivity index (χ0v) is 17.8. The van der Waals surface area contributed by atoms with E-state index in [9.17, 15) is 14.7 Å². The van der Waals surface area contributed by atoms with Crippen LogP contribution in [-0.4, -0.2) is 42.0 Å². The molecule has 162 valence electrons. The van der Waals surface area contributed by atoms with Crippen LogP contribution in [0.3, 0.4) is 0 Å². The number of Topliss-reactive ketones (excluding diaryl/α,β-unsaturated/α-hetero) is 1. The third kappa shape index (κ3) is 4.63. The number of rotatable bonds is 9. The number of carbonyl (C=O) groups is 2. The van der Waals surface area contributed by atoms with E-state index in [-0.39, 0.29) is 11.3 Å². The van der Waals surface area contributed by atoms with Gasteiger partial charge in [0.25, 0.3) is 11.7 Å². The molecule has 1 aliphatic heterocycles. The molecule has 1 N–H and O–H groups in total. The van der Waals surface area contributed by atoms with E-state index in [4.69, 9.17) is 9.47 Å². The Morgan fingerprint density at radius 3 is 2.55 bits per heavy atom. The maximum absolute atomic E-state index is 13.0. The fourth-order valence-corrected chi connectivity index (χ4v) is 3.62. The number of ether oxygens (including phenoxy) is 2. The number of likely N-dealkylation sites (tertiary alicyclic amines) is 1. The Kier molecular flexibility index (Phi) is 7.13. The summed E-state index contributed by atoms with van der Waals surface area (Å²) < 4.78 is 10.8. The van der Waals surface area contributed by atoms with Gasteiger partial charge in [-0.15, -0.1) is 0 Å². The maximum atomic E-state index is 13.0. The molecule has 1 saturated heterocycles. The summed E-state index contributed by atoms with van der Waals surface area (Å²) in [5.74, 6) is -0.269. The molecule has 1 fully saturated rings. The first-order valence-electron chi connectivity index (χ1n) is 10.3. The van der Waals surface area contributed by atoms with Gasteiger partial charge in [0.15, 0.2) is 0 Å². The number of aliphatic hydroxyl groups is 1. The lowest BCUT2D eigenvalue weighted by Gasteiger charge is -2.25. The molecule has 2 aromatic carbocycles. The number of amides is 1. The first-order chi connectivity index (χ1) is 15.0. The van der Waals surface area contributed by atoms with Gasteiger partial charge >= 0.3 is 0 Å². The molecule has 0 aromatic heterocycles. The zero-order chi connectivity index (χ0) is 22.4. The highest BCUT2D eigenvalue weighted by molar-refractivity contribution is 6.46. The normalized spacial score (nSPS) is 17.6. The molecule has 1 heterocycles. The van der Waals surface area contributed by atoms with Crippen molar-refractivity contribution in [2.24, 2.45) is 0 Å². The minimum atomic E-state index is -0.687. The van der Waals surface area contributed by atoms with Crippen molar-refractivity contribution in [2.75, 3.05) is 20.3 Å². The lowest BCUT2D eigenvalue weighted by atomic mass is 9.95. The fourth-order valence-electron chi connectivity index (χ4n) is 3.62. The molecule has 0 spiro atoms. The summed E-state index contributed by atoms with van der Waals surface area (Å²) in [6, 6.07) is 13.3. The Hall–Kier alpha value is -3.54. The van der Waals surface area contributed by atoms with Crippen molar-refractivity contribution < 1.29 is 24.2 Å². The molecule has 0 bridgehead atoms. The van der Waals surface area contributed by atoms with Gasteiger partial charge in [-0.25, -0.2) is 0 Å². The number of unbranched alkanes of at least 4 members (excludes halogenated alkanes) is 1. The molecule has 0 aliphatic carbocycles. The first kappa shape index (κ1) is 22.2. The van der Waals surface area contributed by atoms with Crippen LogP contribution in [0.15, 0.2) is 66.8 Å². The van der Waals surface area contributed by atoms with Gasteiger partial charge < -0.3 is 19.5 Å². The predicted molar refractivity (Wildman–Crippen MR) is 119 cm³/mol. The second kappa shape index (κ2) is 9.98. The molecule has 31 heavy (non-hydrogen) atoms. The molecule has 6 nitrogen and oxygen atoms in total. The lowest BCUT2D eigenvalue weighted by molar-refractivity contribution is -0.139. The van der Waals surface area contributed by atoms with Crippen LogP contribution in [0.5, 0.6) is 11.5 Å². The SMILES string of the molecule is C=CCOc1ccc(C(O)=C2C(=O)C(=O)N(CCCC)[C@H]2c2cccc(OC)c2)cc1. The molecular formula is C25H27NO5. The van der Waals surface area contributed by atoms with E-state index in [0.717, 1.165) is 12.8 Å². The van der Waals surface area contributed by atoms with E-state index < -0.39 is 17.7 Å². The van der Waals surface area contributed by atoms with E-state index in [1.165, 1.54) is 4.90 Å². The predicted octanol–water partition coefficient (Wildman–Crippen LogP) is 4.48. The number of benzene rings is 2. The van der Waals surface area contributed by atoms with Crippen LogP contribution < -0.4 is 9.47 Å². The van der Waals surface area contributed by atoms with Crippen LogP contribution in [0, 0.1) is 0 Å². The monoisotopic (exact) mass is 421 g/mol. The molecule has 2 aromatic rings. The number of aliphatic hydroxyl groups excluding tert-OH is 1. The summed E-state index contributed by atoms with van der Waals surface area (Å²) in [5, 5.41) is 11.1. The van der Waals surface area contributed by atoms with Gasteiger partial charge in [-0.2, -0.15) is 0 Å². The molecule has 1 aliphatic rings. The number of ketones is 1. The van der Waals surface area contributed by atoms with Crippen molar-refractivity contribution in [1.82, 2.24) is 4.90 Å². The molecule has 0 saturated carbocycles. The van der Waals surface area contributed by atoms with Crippen LogP contribution in [0.4, 0.5) is 0 Å². The van der Waals surface area contributed by atoms with Crippen LogP contribution in [-0.2, 0) is 9.59 Å². The fraction of sp³-hybridized carbons (Fsp3) is 0.280. The number of hydrogen-bond acceptors (Lipinski definition) is 5. The number of carbonyl (C=O) groups excluding carboxylic acids is 2. The summed E-state index contributed by atoms with van der Waals surface area (Å²) >= 11 is 0. The standard InChI is InChI=1S/C25H27NO5/c1-4-6-14-26-22(18-8-7-9-20(16-18)30-3)21(24(28)25(26)29)23(27)17-10-12-19(13-11-17)31-15-5-2/h5,7-13,16,22,27H,2,4,6,14-15H2,1,3H3/t22-/m0/s1. The average Bonchev–Trinajstić information content (AvgIpc) is 3.06. The summed E-state index contributed by atoms with van der Waals surface area (Å²) in [6.07, 6.45) is 3.27. The van der Waals surface area contributed by atoms with Crippen molar-refractivity contribution in [2.45, 2.75) is 25.8 Å². The van der Waals surface area contributed by atoms with Crippen molar-refractivity contribution in [3.05, 3.63) is 77.9 Å². The maximum Gasteiger partial charge on any atom is 0.295 e. The van der Waals surface area contributed by atoms with Gasteiger partial charge in [0.05, 0.1) is 18.7 Å². The molecular weight excluding hydrogens is 394 g/mol. The van der Waals surface area contributed by atoms with Crippen molar-refractivity contribution in [3.8, 4) is 11.5 Å². The molecule has 3 rings (SSSR count). The van der Waals surface area contributed by atoms with Crippen molar-refractivity contribution >= 4 is 17.4 Å². The quantitative estimate of drug-likeness (QED) is 0.280. The van der Waals surface area contributed by atoms with E-state index in [0.29, 0.717) is 35.8 Å². The largest absolute Gasteiger partial charge is 0.507 e. The Morgan fingerprint density at radius 1 is 1.16 bits per heavy atom. The minimum absolute atomic E-state index is 0.0779. The van der Waals surface area contributed by atoms with Gasteiger partial charge in [-0.05, 0) is 48.4 Å². The van der Waals surface area contributed by atoms with Crippen molar-refractivity contribution in [3.63, 3.8) is 0 Å². The molecule has 1 atom stereocenters.